The highest BCUT2D eigenvalue weighted by Crippen LogP contribution is 2.30. The summed E-state index contributed by atoms with van der Waals surface area (Å²) >= 11 is 0. The van der Waals surface area contributed by atoms with Crippen LogP contribution in [0.5, 0.6) is 5.75 Å². The van der Waals surface area contributed by atoms with Crippen molar-refractivity contribution in [3.8, 4) is 5.75 Å². The maximum atomic E-state index is 10.6. The number of aliphatic hydroxyl groups is 1. The second-order valence-corrected chi connectivity index (χ2v) is 4.26. The van der Waals surface area contributed by atoms with Gasteiger partial charge in [0.15, 0.2) is 0 Å². The van der Waals surface area contributed by atoms with E-state index < -0.39 is 4.92 Å². The molecule has 4 N–H and O–H groups in total. The number of non-ortho nitro benzene ring substituents is 1. The van der Waals surface area contributed by atoms with Crippen LogP contribution in [0.1, 0.15) is 0 Å². The standard InChI is InChI=1S/C14H15N3O4/c15-10-1-6-14(21-8-7-18)13(9-10)16-11-2-4-12(5-3-11)17(19)20/h1-6,9,16,18H,7-8,15H2. The Hall–Kier alpha value is -2.80. The third-order valence-corrected chi connectivity index (χ3v) is 2.71. The minimum absolute atomic E-state index is 0.0184. The van der Waals surface area contributed by atoms with Crippen LogP contribution in [-0.4, -0.2) is 23.2 Å². The van der Waals surface area contributed by atoms with Gasteiger partial charge < -0.3 is 20.9 Å². The average Bonchev–Trinajstić information content (AvgIpc) is 2.47. The molecule has 2 aromatic carbocycles. The zero-order valence-corrected chi connectivity index (χ0v) is 11.2. The van der Waals surface area contributed by atoms with Crippen LogP contribution in [0.3, 0.4) is 0 Å². The van der Waals surface area contributed by atoms with Crippen molar-refractivity contribution < 1.29 is 14.8 Å². The lowest BCUT2D eigenvalue weighted by Gasteiger charge is -2.13. The number of nitrogens with zero attached hydrogens (tertiary/aromatic N) is 1. The Morgan fingerprint density at radius 2 is 1.95 bits per heavy atom. The van der Waals surface area contributed by atoms with Crippen molar-refractivity contribution >= 4 is 22.7 Å². The molecule has 0 heterocycles. The number of rotatable bonds is 6. The normalized spacial score (nSPS) is 10.1. The molecule has 0 fully saturated rings. The molecule has 0 atom stereocenters. The first kappa shape index (κ1) is 14.6. The summed E-state index contributed by atoms with van der Waals surface area (Å²) in [6.45, 7) is 0.0697. The van der Waals surface area contributed by atoms with E-state index in [-0.39, 0.29) is 18.9 Å². The van der Waals surface area contributed by atoms with Crippen molar-refractivity contribution in [1.29, 1.82) is 0 Å². The number of nitro benzene ring substituents is 1. The molecule has 2 aromatic rings. The van der Waals surface area contributed by atoms with E-state index in [0.717, 1.165) is 0 Å². The first-order valence-corrected chi connectivity index (χ1v) is 6.25. The minimum atomic E-state index is -0.458. The van der Waals surface area contributed by atoms with Crippen LogP contribution in [0.4, 0.5) is 22.7 Å². The highest BCUT2D eigenvalue weighted by Gasteiger charge is 2.07. The van der Waals surface area contributed by atoms with Gasteiger partial charge in [-0.2, -0.15) is 0 Å². The lowest BCUT2D eigenvalue weighted by Crippen LogP contribution is -2.04. The fourth-order valence-corrected chi connectivity index (χ4v) is 1.75. The van der Waals surface area contributed by atoms with Gasteiger partial charge >= 0.3 is 0 Å². The molecule has 0 aliphatic rings. The van der Waals surface area contributed by atoms with E-state index >= 15 is 0 Å². The molecule has 0 aromatic heterocycles. The Morgan fingerprint density at radius 1 is 1.24 bits per heavy atom. The highest BCUT2D eigenvalue weighted by atomic mass is 16.6. The number of ether oxygens (including phenoxy) is 1. The van der Waals surface area contributed by atoms with E-state index in [1.165, 1.54) is 12.1 Å². The van der Waals surface area contributed by atoms with E-state index in [0.29, 0.717) is 22.8 Å². The maximum Gasteiger partial charge on any atom is 0.269 e. The first-order valence-electron chi connectivity index (χ1n) is 6.25. The summed E-state index contributed by atoms with van der Waals surface area (Å²) in [4.78, 5) is 10.2. The molecule has 2 rings (SSSR count). The zero-order valence-electron chi connectivity index (χ0n) is 11.2. The van der Waals surface area contributed by atoms with E-state index in [4.69, 9.17) is 15.6 Å². The molecule has 0 saturated carbocycles. The van der Waals surface area contributed by atoms with Gasteiger partial charge in [-0.25, -0.2) is 0 Å². The fraction of sp³-hybridized carbons (Fsp3) is 0.143. The summed E-state index contributed by atoms with van der Waals surface area (Å²) < 4.78 is 5.40. The summed E-state index contributed by atoms with van der Waals surface area (Å²) in [6.07, 6.45) is 0. The number of aliphatic hydroxyl groups excluding tert-OH is 1. The van der Waals surface area contributed by atoms with Gasteiger partial charge in [-0.3, -0.25) is 10.1 Å². The molecule has 21 heavy (non-hydrogen) atoms. The van der Waals surface area contributed by atoms with Crippen LogP contribution in [0.25, 0.3) is 0 Å². The Morgan fingerprint density at radius 3 is 2.57 bits per heavy atom. The van der Waals surface area contributed by atoms with Crippen LogP contribution in [-0.2, 0) is 0 Å². The van der Waals surface area contributed by atoms with Crippen molar-refractivity contribution in [3.63, 3.8) is 0 Å². The Balaban J connectivity index is 2.21. The van der Waals surface area contributed by atoms with Gasteiger partial charge in [-0.1, -0.05) is 0 Å². The molecule has 0 aliphatic heterocycles. The number of anilines is 3. The van der Waals surface area contributed by atoms with Crippen molar-refractivity contribution in [2.24, 2.45) is 0 Å². The molecule has 0 radical (unpaired) electrons. The Labute approximate surface area is 121 Å². The second kappa shape index (κ2) is 6.58. The molecule has 0 aliphatic carbocycles. The topological polar surface area (TPSA) is 111 Å². The van der Waals surface area contributed by atoms with Crippen molar-refractivity contribution in [2.45, 2.75) is 0 Å². The third kappa shape index (κ3) is 3.83. The smallest absolute Gasteiger partial charge is 0.269 e. The lowest BCUT2D eigenvalue weighted by molar-refractivity contribution is -0.384. The third-order valence-electron chi connectivity index (χ3n) is 2.71. The first-order chi connectivity index (χ1) is 10.1. The number of nitrogens with two attached hydrogens (primary N) is 1. The van der Waals surface area contributed by atoms with Crippen LogP contribution >= 0.6 is 0 Å². The quantitative estimate of drug-likeness (QED) is 0.427. The molecule has 0 saturated heterocycles. The van der Waals surface area contributed by atoms with Gasteiger partial charge in [0.1, 0.15) is 12.4 Å². The molecular formula is C14H15N3O4. The van der Waals surface area contributed by atoms with Crippen LogP contribution in [0.15, 0.2) is 42.5 Å². The number of nitrogen functional groups attached to an aromatic ring is 1. The molecule has 7 heteroatoms. The van der Waals surface area contributed by atoms with Crippen LogP contribution < -0.4 is 15.8 Å². The lowest BCUT2D eigenvalue weighted by atomic mass is 10.2. The van der Waals surface area contributed by atoms with E-state index in [1.54, 1.807) is 30.3 Å². The van der Waals surface area contributed by atoms with Crippen molar-refractivity contribution in [1.82, 2.24) is 0 Å². The minimum Gasteiger partial charge on any atom is -0.489 e. The Kier molecular flexibility index (Phi) is 4.57. The van der Waals surface area contributed by atoms with Gasteiger partial charge in [-0.15, -0.1) is 0 Å². The molecule has 0 amide bonds. The van der Waals surface area contributed by atoms with E-state index in [2.05, 4.69) is 5.32 Å². The number of benzene rings is 2. The molecule has 110 valence electrons. The molecule has 7 nitrogen and oxygen atoms in total. The summed E-state index contributed by atoms with van der Waals surface area (Å²) in [6, 6.07) is 11.1. The zero-order chi connectivity index (χ0) is 15.2. The highest BCUT2D eigenvalue weighted by molar-refractivity contribution is 5.70. The molecule has 0 bridgehead atoms. The molecule has 0 unspecified atom stereocenters. The van der Waals surface area contributed by atoms with Gasteiger partial charge in [0.2, 0.25) is 0 Å². The largest absolute Gasteiger partial charge is 0.489 e. The van der Waals surface area contributed by atoms with Gasteiger partial charge in [0.05, 0.1) is 17.2 Å². The summed E-state index contributed by atoms with van der Waals surface area (Å²) in [5.74, 6) is 0.539. The number of nitro groups is 1. The van der Waals surface area contributed by atoms with Gasteiger partial charge in [0.25, 0.3) is 5.69 Å². The van der Waals surface area contributed by atoms with Gasteiger partial charge in [0, 0.05) is 23.5 Å². The van der Waals surface area contributed by atoms with Crippen molar-refractivity contribution in [3.05, 3.63) is 52.6 Å². The number of hydrogen-bond donors (Lipinski definition) is 3. The van der Waals surface area contributed by atoms with Crippen LogP contribution in [0.2, 0.25) is 0 Å². The predicted molar refractivity (Wildman–Crippen MR) is 79.8 cm³/mol. The average molecular weight is 289 g/mol. The fourth-order valence-electron chi connectivity index (χ4n) is 1.75. The van der Waals surface area contributed by atoms with Crippen molar-refractivity contribution in [2.75, 3.05) is 24.3 Å². The summed E-state index contributed by atoms with van der Waals surface area (Å²) in [7, 11) is 0. The Bertz CT molecular complexity index is 629. The van der Waals surface area contributed by atoms with Gasteiger partial charge in [-0.05, 0) is 30.3 Å². The second-order valence-electron chi connectivity index (χ2n) is 4.26. The monoisotopic (exact) mass is 289 g/mol. The van der Waals surface area contributed by atoms with E-state index in [1.807, 2.05) is 0 Å². The summed E-state index contributed by atoms with van der Waals surface area (Å²) in [5, 5.41) is 22.5. The number of hydrogen-bond acceptors (Lipinski definition) is 6. The molecular weight excluding hydrogens is 274 g/mol. The number of nitrogens with one attached hydrogen (secondary N) is 1. The summed E-state index contributed by atoms with van der Waals surface area (Å²) in [5.41, 5.74) is 7.60. The maximum absolute atomic E-state index is 10.6. The molecule has 0 spiro atoms. The van der Waals surface area contributed by atoms with E-state index in [9.17, 15) is 10.1 Å². The predicted octanol–water partition coefficient (Wildman–Crippen LogP) is 2.29. The van der Waals surface area contributed by atoms with Crippen LogP contribution in [0, 0.1) is 10.1 Å². The SMILES string of the molecule is Nc1ccc(OCCO)c(Nc2ccc([N+](=O)[O-])cc2)c1.